The van der Waals surface area contributed by atoms with Gasteiger partial charge in [-0.05, 0) is 26.2 Å². The van der Waals surface area contributed by atoms with Crippen LogP contribution in [0, 0.1) is 0 Å². The van der Waals surface area contributed by atoms with Crippen LogP contribution in [-0.2, 0) is 0 Å². The monoisotopic (exact) mass is 241 g/mol. The standard InChI is InChI=1S/C9H20F3N2Si/c1-5-13(6-2)15(9(10,11)12)14(7-3)8-4/h5-8H2,1-4H3. The molecule has 0 aromatic carbocycles. The normalized spacial score (nSPS) is 13.2. The first-order valence-electron chi connectivity index (χ1n) is 5.36. The average Bonchev–Trinajstić information content (AvgIpc) is 2.17. The molecule has 0 aliphatic heterocycles. The second kappa shape index (κ2) is 6.50. The smallest absolute Gasteiger partial charge is 0.305 e. The Morgan fingerprint density at radius 1 is 0.800 bits per heavy atom. The minimum absolute atomic E-state index is 0.459. The van der Waals surface area contributed by atoms with Gasteiger partial charge in [0.15, 0.2) is 0 Å². The molecular formula is C9H20F3N2Si. The zero-order valence-corrected chi connectivity index (χ0v) is 10.9. The maximum atomic E-state index is 12.9. The predicted octanol–water partition coefficient (Wildman–Crippen LogP) is 2.26. The summed E-state index contributed by atoms with van der Waals surface area (Å²) in [5.74, 6) is -4.08. The van der Waals surface area contributed by atoms with Crippen molar-refractivity contribution in [1.82, 2.24) is 9.13 Å². The Kier molecular flexibility index (Phi) is 6.46. The van der Waals surface area contributed by atoms with Crippen LogP contribution in [-0.4, -0.2) is 50.2 Å². The van der Waals surface area contributed by atoms with Crippen LogP contribution < -0.4 is 0 Å². The van der Waals surface area contributed by atoms with Gasteiger partial charge in [-0.15, -0.1) is 0 Å². The second-order valence-electron chi connectivity index (χ2n) is 3.17. The molecule has 0 aromatic heterocycles. The third-order valence-corrected chi connectivity index (χ3v) is 5.35. The molecule has 0 atom stereocenters. The van der Waals surface area contributed by atoms with Gasteiger partial charge in [-0.3, -0.25) is 0 Å². The van der Waals surface area contributed by atoms with Crippen LogP contribution in [0.1, 0.15) is 27.7 Å². The highest BCUT2D eigenvalue weighted by molar-refractivity contribution is 6.55. The molecule has 0 bridgehead atoms. The summed E-state index contributed by atoms with van der Waals surface area (Å²) in [6, 6.07) is 0. The van der Waals surface area contributed by atoms with E-state index in [1.165, 1.54) is 9.13 Å². The van der Waals surface area contributed by atoms with E-state index in [4.69, 9.17) is 0 Å². The molecule has 0 amide bonds. The van der Waals surface area contributed by atoms with Crippen LogP contribution in [0.5, 0.6) is 0 Å². The van der Waals surface area contributed by atoms with Crippen LogP contribution in [0.3, 0.4) is 0 Å². The quantitative estimate of drug-likeness (QED) is 0.658. The van der Waals surface area contributed by atoms with Crippen LogP contribution >= 0.6 is 0 Å². The van der Waals surface area contributed by atoms with Crippen molar-refractivity contribution in [1.29, 1.82) is 0 Å². The van der Waals surface area contributed by atoms with Gasteiger partial charge in [-0.1, -0.05) is 27.7 Å². The minimum Gasteiger partial charge on any atom is -0.305 e. The molecule has 1 radical (unpaired) electrons. The van der Waals surface area contributed by atoms with E-state index < -0.39 is 14.9 Å². The van der Waals surface area contributed by atoms with Gasteiger partial charge in [-0.2, -0.15) is 13.2 Å². The lowest BCUT2D eigenvalue weighted by atomic mass is 10.7. The van der Waals surface area contributed by atoms with Gasteiger partial charge in [-0.25, -0.2) is 0 Å². The van der Waals surface area contributed by atoms with Crippen molar-refractivity contribution >= 4 is 9.12 Å². The van der Waals surface area contributed by atoms with Gasteiger partial charge in [0, 0.05) is 0 Å². The lowest BCUT2D eigenvalue weighted by Crippen LogP contribution is -2.61. The van der Waals surface area contributed by atoms with Crippen LogP contribution in [0.2, 0.25) is 0 Å². The number of hydrogen-bond donors (Lipinski definition) is 0. The summed E-state index contributed by atoms with van der Waals surface area (Å²) in [6.45, 7) is 8.96. The summed E-state index contributed by atoms with van der Waals surface area (Å²) in [5.41, 5.74) is 0. The molecule has 15 heavy (non-hydrogen) atoms. The molecular weight excluding hydrogens is 221 g/mol. The number of rotatable bonds is 6. The molecule has 0 fully saturated rings. The Morgan fingerprint density at radius 3 is 1.20 bits per heavy atom. The SMILES string of the molecule is CCN(CC)[Si](N(CC)CC)C(F)(F)F. The summed E-state index contributed by atoms with van der Waals surface area (Å²) >= 11 is 0. The largest absolute Gasteiger partial charge is 0.393 e. The number of alkyl halides is 3. The van der Waals surface area contributed by atoms with Gasteiger partial charge >= 0.3 is 14.9 Å². The van der Waals surface area contributed by atoms with E-state index in [1.54, 1.807) is 27.7 Å². The fourth-order valence-corrected chi connectivity index (χ4v) is 3.92. The maximum Gasteiger partial charge on any atom is 0.393 e. The zero-order valence-electron chi connectivity index (χ0n) is 9.86. The Labute approximate surface area is 91.8 Å². The Balaban J connectivity index is 4.85. The number of hydrogen-bond acceptors (Lipinski definition) is 2. The van der Waals surface area contributed by atoms with E-state index in [1.807, 2.05) is 0 Å². The summed E-state index contributed by atoms with van der Waals surface area (Å²) in [6.07, 6.45) is 0. The van der Waals surface area contributed by atoms with E-state index in [9.17, 15) is 13.2 Å². The highest BCUT2D eigenvalue weighted by Crippen LogP contribution is 2.24. The zero-order chi connectivity index (χ0) is 12.1. The van der Waals surface area contributed by atoms with Gasteiger partial charge in [0.2, 0.25) is 0 Å². The van der Waals surface area contributed by atoms with Crippen molar-refractivity contribution in [3.05, 3.63) is 0 Å². The molecule has 0 saturated carbocycles. The Morgan fingerprint density at radius 2 is 1.07 bits per heavy atom. The van der Waals surface area contributed by atoms with Gasteiger partial charge in [0.05, 0.1) is 0 Å². The molecule has 0 saturated heterocycles. The van der Waals surface area contributed by atoms with E-state index in [-0.39, 0.29) is 0 Å². The molecule has 0 aliphatic rings. The summed E-state index contributed by atoms with van der Waals surface area (Å²) < 4.78 is 41.9. The molecule has 0 rings (SSSR count). The van der Waals surface area contributed by atoms with Crippen molar-refractivity contribution in [3.63, 3.8) is 0 Å². The topological polar surface area (TPSA) is 6.48 Å². The third kappa shape index (κ3) is 4.12. The molecule has 0 N–H and O–H groups in total. The lowest BCUT2D eigenvalue weighted by molar-refractivity contribution is -0.0675. The number of halogens is 3. The fraction of sp³-hybridized carbons (Fsp3) is 1.00. The molecule has 0 spiro atoms. The van der Waals surface area contributed by atoms with Crippen molar-refractivity contribution < 1.29 is 13.2 Å². The first-order valence-corrected chi connectivity index (χ1v) is 6.75. The van der Waals surface area contributed by atoms with Crippen molar-refractivity contribution in [2.24, 2.45) is 0 Å². The highest BCUT2D eigenvalue weighted by Gasteiger charge is 2.49. The molecule has 0 heterocycles. The third-order valence-electron chi connectivity index (χ3n) is 2.38. The summed E-state index contributed by atoms with van der Waals surface area (Å²) in [5, 5.41) is 0. The van der Waals surface area contributed by atoms with Crippen molar-refractivity contribution in [2.75, 3.05) is 26.2 Å². The molecule has 0 aromatic rings. The fourth-order valence-electron chi connectivity index (χ4n) is 1.60. The number of nitrogens with zero attached hydrogens (tertiary/aromatic N) is 2. The maximum absolute atomic E-state index is 12.9. The first-order chi connectivity index (χ1) is 6.92. The van der Waals surface area contributed by atoms with Crippen LogP contribution in [0.4, 0.5) is 13.2 Å². The van der Waals surface area contributed by atoms with Gasteiger partial charge in [0.1, 0.15) is 0 Å². The second-order valence-corrected chi connectivity index (χ2v) is 5.65. The highest BCUT2D eigenvalue weighted by atomic mass is 28.3. The molecule has 0 unspecified atom stereocenters. The van der Waals surface area contributed by atoms with E-state index in [0.29, 0.717) is 26.2 Å². The van der Waals surface area contributed by atoms with Crippen LogP contribution in [0.25, 0.3) is 0 Å². The summed E-state index contributed by atoms with van der Waals surface area (Å²) in [7, 11) is -2.57. The Hall–Kier alpha value is -0.0731. The van der Waals surface area contributed by atoms with E-state index in [0.717, 1.165) is 0 Å². The summed E-state index contributed by atoms with van der Waals surface area (Å²) in [4.78, 5) is 0. The predicted molar refractivity (Wildman–Crippen MR) is 57.7 cm³/mol. The average molecular weight is 241 g/mol. The van der Waals surface area contributed by atoms with Gasteiger partial charge < -0.3 is 9.13 Å². The molecule has 6 heteroatoms. The van der Waals surface area contributed by atoms with E-state index >= 15 is 0 Å². The molecule has 91 valence electrons. The molecule has 0 aliphatic carbocycles. The first kappa shape index (κ1) is 14.9. The van der Waals surface area contributed by atoms with Crippen molar-refractivity contribution in [2.45, 2.75) is 33.5 Å². The molecule has 2 nitrogen and oxygen atoms in total. The van der Waals surface area contributed by atoms with Crippen molar-refractivity contribution in [3.8, 4) is 0 Å². The lowest BCUT2D eigenvalue weighted by Gasteiger charge is -2.35. The van der Waals surface area contributed by atoms with Gasteiger partial charge in [0.25, 0.3) is 0 Å². The van der Waals surface area contributed by atoms with E-state index in [2.05, 4.69) is 0 Å². The van der Waals surface area contributed by atoms with Crippen LogP contribution in [0.15, 0.2) is 0 Å². The Bertz CT molecular complexity index is 155. The minimum atomic E-state index is -4.08.